The van der Waals surface area contributed by atoms with Gasteiger partial charge in [-0.1, -0.05) is 0 Å². The summed E-state index contributed by atoms with van der Waals surface area (Å²) in [6.07, 6.45) is 1.98. The van der Waals surface area contributed by atoms with Gasteiger partial charge in [-0.05, 0) is 36.4 Å². The zero-order valence-corrected chi connectivity index (χ0v) is 6.70. The van der Waals surface area contributed by atoms with Crippen molar-refractivity contribution >= 4 is 11.9 Å². The van der Waals surface area contributed by atoms with E-state index in [1.54, 1.807) is 6.07 Å². The second-order valence-electron chi connectivity index (χ2n) is 2.78. The molecule has 2 rings (SSSR count). The Hall–Kier alpha value is -1.66. The minimum atomic E-state index is 0.690. The molecule has 0 aromatic heterocycles. The monoisotopic (exact) mass is 155 g/mol. The summed E-state index contributed by atoms with van der Waals surface area (Å²) >= 11 is 0. The third-order valence-corrected chi connectivity index (χ3v) is 1.82. The lowest BCUT2D eigenvalue weighted by Crippen LogP contribution is -2.10. The summed E-state index contributed by atoms with van der Waals surface area (Å²) in [5.74, 6) is 2.10. The fourth-order valence-corrected chi connectivity index (χ4v) is 1.29. The Balaban J connectivity index is 2.82. The molecule has 2 nitrogen and oxygen atoms in total. The van der Waals surface area contributed by atoms with Crippen LogP contribution in [0.3, 0.4) is 0 Å². The molecule has 0 radical (unpaired) electrons. The van der Waals surface area contributed by atoms with Gasteiger partial charge in [-0.15, -0.1) is 0 Å². The molecule has 1 heterocycles. The van der Waals surface area contributed by atoms with E-state index in [1.165, 1.54) is 0 Å². The highest BCUT2D eigenvalue weighted by Gasteiger charge is 1.99. The van der Waals surface area contributed by atoms with Gasteiger partial charge in [-0.25, -0.2) is 0 Å². The Bertz CT molecular complexity index is 491. The van der Waals surface area contributed by atoms with Crippen molar-refractivity contribution in [1.82, 2.24) is 0 Å². The number of hydrogen-bond acceptors (Lipinski definition) is 1. The van der Waals surface area contributed by atoms with Crippen LogP contribution in [0.2, 0.25) is 0 Å². The molecule has 0 unspecified atom stereocenters. The Morgan fingerprint density at radius 2 is 2.25 bits per heavy atom. The van der Waals surface area contributed by atoms with Gasteiger partial charge < -0.3 is 5.41 Å². The molecule has 1 aliphatic heterocycles. The molecule has 0 spiro atoms. The average molecular weight is 155 g/mol. The first-order chi connectivity index (χ1) is 5.79. The van der Waals surface area contributed by atoms with Crippen molar-refractivity contribution in [2.24, 2.45) is 4.99 Å². The Morgan fingerprint density at radius 1 is 1.42 bits per heavy atom. The molecule has 1 aromatic carbocycles. The molecule has 0 aliphatic carbocycles. The zero-order valence-electron chi connectivity index (χ0n) is 6.70. The van der Waals surface area contributed by atoms with E-state index in [2.05, 4.69) is 10.9 Å². The summed E-state index contributed by atoms with van der Waals surface area (Å²) in [6.45, 7) is 1.95. The molecule has 0 fully saturated rings. The number of benzene rings is 1. The molecule has 0 bridgehead atoms. The normalized spacial score (nSPS) is 12.9. The van der Waals surface area contributed by atoms with Gasteiger partial charge in [0.15, 0.2) is 0 Å². The first-order valence-electron chi connectivity index (χ1n) is 3.74. The van der Waals surface area contributed by atoms with Crippen LogP contribution in [-0.4, -0.2) is 5.87 Å². The van der Waals surface area contributed by atoms with Crippen molar-refractivity contribution < 1.29 is 0 Å². The van der Waals surface area contributed by atoms with Crippen molar-refractivity contribution in [3.8, 4) is 0 Å². The van der Waals surface area contributed by atoms with Gasteiger partial charge >= 0.3 is 0 Å². The molecule has 1 aliphatic rings. The molecule has 0 N–H and O–H groups in total. The minimum Gasteiger partial charge on any atom is -0.763 e. The molecule has 58 valence electrons. The van der Waals surface area contributed by atoms with E-state index in [0.717, 1.165) is 16.6 Å². The lowest BCUT2D eigenvalue weighted by atomic mass is 10.2. The van der Waals surface area contributed by atoms with Crippen molar-refractivity contribution in [3.63, 3.8) is 0 Å². The molecule has 0 amide bonds. The topological polar surface area (TPSA) is 34.7 Å². The van der Waals surface area contributed by atoms with Crippen LogP contribution in [0.25, 0.3) is 11.5 Å². The number of hydrogen-bond donors (Lipinski definition) is 0. The van der Waals surface area contributed by atoms with Crippen molar-refractivity contribution in [1.29, 1.82) is 0 Å². The van der Waals surface area contributed by atoms with Crippen LogP contribution in [-0.2, 0) is 0 Å². The SMILES string of the molecule is CC1=Cc2cc(=C=[N-])ccc2=N1. The molecule has 12 heavy (non-hydrogen) atoms. The van der Waals surface area contributed by atoms with Gasteiger partial charge in [0, 0.05) is 11.3 Å². The van der Waals surface area contributed by atoms with Crippen LogP contribution in [0.5, 0.6) is 0 Å². The minimum absolute atomic E-state index is 0.690. The van der Waals surface area contributed by atoms with Gasteiger partial charge in [-0.2, -0.15) is 0 Å². The summed E-state index contributed by atoms with van der Waals surface area (Å²) in [7, 11) is 0. The highest BCUT2D eigenvalue weighted by molar-refractivity contribution is 5.60. The largest absolute Gasteiger partial charge is 0.763 e. The predicted molar refractivity (Wildman–Crippen MR) is 48.3 cm³/mol. The molecular formula is C10H7N2-. The number of allylic oxidation sites excluding steroid dienone is 1. The predicted octanol–water partition coefficient (Wildman–Crippen LogP) is 0.591. The number of rotatable bonds is 0. The Kier molecular flexibility index (Phi) is 1.42. The third kappa shape index (κ3) is 0.987. The summed E-state index contributed by atoms with van der Waals surface area (Å²) in [5, 5.41) is 10.3. The fraction of sp³-hybridized carbons (Fsp3) is 0.100. The second-order valence-corrected chi connectivity index (χ2v) is 2.78. The first kappa shape index (κ1) is 7.01. The maximum absolute atomic E-state index is 8.63. The van der Waals surface area contributed by atoms with Crippen molar-refractivity contribution in [2.75, 3.05) is 0 Å². The van der Waals surface area contributed by atoms with Crippen LogP contribution in [0.1, 0.15) is 12.5 Å². The van der Waals surface area contributed by atoms with Crippen molar-refractivity contribution in [2.45, 2.75) is 6.92 Å². The highest BCUT2D eigenvalue weighted by atomic mass is 14.7. The van der Waals surface area contributed by atoms with Crippen LogP contribution < -0.4 is 10.6 Å². The Morgan fingerprint density at radius 3 is 3.00 bits per heavy atom. The zero-order chi connectivity index (χ0) is 8.55. The van der Waals surface area contributed by atoms with Gasteiger partial charge in [0.05, 0.1) is 5.36 Å². The van der Waals surface area contributed by atoms with E-state index < -0.39 is 0 Å². The van der Waals surface area contributed by atoms with E-state index in [-0.39, 0.29) is 0 Å². The lowest BCUT2D eigenvalue weighted by Gasteiger charge is -1.88. The van der Waals surface area contributed by atoms with Crippen molar-refractivity contribution in [3.05, 3.63) is 45.4 Å². The third-order valence-electron chi connectivity index (χ3n) is 1.82. The van der Waals surface area contributed by atoms with Gasteiger partial charge in [0.25, 0.3) is 0 Å². The summed E-state index contributed by atoms with van der Waals surface area (Å²) in [5.41, 5.74) is 2.05. The lowest BCUT2D eigenvalue weighted by molar-refractivity contribution is 1.26. The van der Waals surface area contributed by atoms with E-state index in [4.69, 9.17) is 5.41 Å². The van der Waals surface area contributed by atoms with E-state index in [0.29, 0.717) is 5.22 Å². The van der Waals surface area contributed by atoms with Crippen LogP contribution in [0, 0.1) is 0 Å². The molecule has 0 saturated carbocycles. The average Bonchev–Trinajstić information content (AvgIpc) is 2.43. The van der Waals surface area contributed by atoms with Crippen LogP contribution in [0.15, 0.2) is 28.9 Å². The quantitative estimate of drug-likeness (QED) is 0.491. The molecule has 0 saturated heterocycles. The van der Waals surface area contributed by atoms with Crippen LogP contribution in [0.4, 0.5) is 0 Å². The first-order valence-corrected chi connectivity index (χ1v) is 3.74. The molecule has 1 aromatic rings. The van der Waals surface area contributed by atoms with Gasteiger partial charge in [-0.3, -0.25) is 10.9 Å². The smallest absolute Gasteiger partial charge is 0.0706 e. The summed E-state index contributed by atoms with van der Waals surface area (Å²) in [6, 6.07) is 5.52. The summed E-state index contributed by atoms with van der Waals surface area (Å²) in [4.78, 5) is 4.28. The molecular weight excluding hydrogens is 148 g/mol. The van der Waals surface area contributed by atoms with E-state index in [1.807, 2.05) is 25.1 Å². The number of nitrogens with zero attached hydrogens (tertiary/aromatic N) is 2. The van der Waals surface area contributed by atoms with E-state index >= 15 is 0 Å². The number of fused-ring (bicyclic) bond motifs is 1. The second kappa shape index (κ2) is 2.43. The highest BCUT2D eigenvalue weighted by Crippen LogP contribution is 2.06. The standard InChI is InChI=1S/C10H7N2/c1-7-4-9-5-8(6-11)2-3-10(9)12-7/h2-5H,1H3/q-1. The fourth-order valence-electron chi connectivity index (χ4n) is 1.29. The molecule has 0 atom stereocenters. The maximum atomic E-state index is 8.63. The Labute approximate surface area is 70.1 Å². The maximum Gasteiger partial charge on any atom is 0.0706 e. The molecule has 2 heteroatoms. The van der Waals surface area contributed by atoms with Gasteiger partial charge in [0.1, 0.15) is 0 Å². The summed E-state index contributed by atoms with van der Waals surface area (Å²) < 4.78 is 0. The van der Waals surface area contributed by atoms with Crippen LogP contribution >= 0.6 is 0 Å². The van der Waals surface area contributed by atoms with E-state index in [9.17, 15) is 0 Å². The van der Waals surface area contributed by atoms with Gasteiger partial charge in [0.2, 0.25) is 0 Å².